The van der Waals surface area contributed by atoms with E-state index in [1.54, 1.807) is 29.9 Å². The minimum atomic E-state index is -1.09. The lowest BCUT2D eigenvalue weighted by Gasteiger charge is -2.39. The molecule has 0 saturated heterocycles. The molecule has 0 unspecified atom stereocenters. The monoisotopic (exact) mass is 903 g/mol. The number of benzene rings is 5. The Balaban J connectivity index is 0.976. The maximum atomic E-state index is 14.0. The summed E-state index contributed by atoms with van der Waals surface area (Å²) in [5, 5.41) is 17.2. The molecule has 0 saturated carbocycles. The normalized spacial score (nSPS) is 15.8. The highest BCUT2D eigenvalue weighted by molar-refractivity contribution is 9.10. The van der Waals surface area contributed by atoms with Crippen LogP contribution in [0.25, 0.3) is 16.5 Å². The number of rotatable bonds is 8. The van der Waals surface area contributed by atoms with Gasteiger partial charge in [-0.15, -0.1) is 0 Å². The lowest BCUT2D eigenvalue weighted by atomic mass is 9.81. The second kappa shape index (κ2) is 15.6. The van der Waals surface area contributed by atoms with E-state index in [9.17, 15) is 19.5 Å². The van der Waals surface area contributed by atoms with Crippen molar-refractivity contribution in [2.45, 2.75) is 64.7 Å². The first-order valence-corrected chi connectivity index (χ1v) is 23.0. The number of carbonyl (C=O) groups is 3. The van der Waals surface area contributed by atoms with Gasteiger partial charge in [0.25, 0.3) is 11.8 Å². The molecular formula is C52H48BrN4O6+. The number of fused-ring (bicyclic) bond motifs is 5. The number of amides is 1. The highest BCUT2D eigenvalue weighted by atomic mass is 79.9. The molecule has 5 aromatic carbocycles. The molecule has 11 rings (SSSR count). The summed E-state index contributed by atoms with van der Waals surface area (Å²) in [5.74, 6) is 0.768. The van der Waals surface area contributed by atoms with Crippen LogP contribution in [0.2, 0.25) is 0 Å². The first-order valence-electron chi connectivity index (χ1n) is 22.3. The SMILES string of the molecule is COc1ccc2c(c1)c(CCNC(=O)c1ccc(C3=c4cc5c6c(c4Oc4c3cc3c7c4CCCN7CCC3)CCC[N+]=6CCC5)c(C(=O)O)c1)c(C)n2C(=O)c1ccc(Br)cc1. The van der Waals surface area contributed by atoms with E-state index in [0.29, 0.717) is 23.3 Å². The molecule has 2 N–H and O–H groups in total. The summed E-state index contributed by atoms with van der Waals surface area (Å²) in [6, 6.07) is 22.6. The van der Waals surface area contributed by atoms with E-state index >= 15 is 0 Å². The van der Waals surface area contributed by atoms with Crippen LogP contribution in [-0.4, -0.2) is 67.3 Å². The van der Waals surface area contributed by atoms with Crippen molar-refractivity contribution in [2.24, 2.45) is 0 Å². The molecule has 0 aliphatic carbocycles. The second-order valence-corrected chi connectivity index (χ2v) is 18.4. The van der Waals surface area contributed by atoms with Crippen LogP contribution in [0, 0.1) is 6.92 Å². The first-order chi connectivity index (χ1) is 30.7. The summed E-state index contributed by atoms with van der Waals surface area (Å²) < 4.78 is 17.9. The van der Waals surface area contributed by atoms with E-state index in [1.807, 2.05) is 43.3 Å². The number of carbonyl (C=O) groups excluding carboxylic acids is 2. The average molecular weight is 905 g/mol. The number of hydrogen-bond acceptors (Lipinski definition) is 6. The van der Waals surface area contributed by atoms with Crippen LogP contribution in [0.4, 0.5) is 5.69 Å². The van der Waals surface area contributed by atoms with Crippen molar-refractivity contribution >= 4 is 55.9 Å². The van der Waals surface area contributed by atoms with Gasteiger partial charge in [0.1, 0.15) is 30.3 Å². The Morgan fingerprint density at radius 1 is 0.825 bits per heavy atom. The van der Waals surface area contributed by atoms with Gasteiger partial charge in [0.2, 0.25) is 5.36 Å². The average Bonchev–Trinajstić information content (AvgIpc) is 3.58. The van der Waals surface area contributed by atoms with Crippen LogP contribution in [0.5, 0.6) is 17.2 Å². The summed E-state index contributed by atoms with van der Waals surface area (Å²) in [6.45, 7) is 6.34. The Morgan fingerprint density at radius 3 is 2.37 bits per heavy atom. The van der Waals surface area contributed by atoms with E-state index in [0.717, 1.165) is 132 Å². The van der Waals surface area contributed by atoms with Crippen LogP contribution in [-0.2, 0) is 32.1 Å². The van der Waals surface area contributed by atoms with Crippen molar-refractivity contribution in [1.29, 1.82) is 0 Å². The van der Waals surface area contributed by atoms with E-state index < -0.39 is 5.97 Å². The zero-order chi connectivity index (χ0) is 43.1. The number of aromatic carboxylic acids is 1. The molecule has 318 valence electrons. The van der Waals surface area contributed by atoms with Gasteiger partial charge in [-0.2, -0.15) is 0 Å². The van der Waals surface area contributed by atoms with Crippen molar-refractivity contribution in [2.75, 3.05) is 44.7 Å². The molecule has 0 radical (unpaired) electrons. The maximum Gasteiger partial charge on any atom is 0.336 e. The molecule has 11 heteroatoms. The largest absolute Gasteiger partial charge is 0.497 e. The summed E-state index contributed by atoms with van der Waals surface area (Å²) in [6.07, 6.45) is 8.45. The van der Waals surface area contributed by atoms with E-state index in [-0.39, 0.29) is 29.5 Å². The molecule has 6 heterocycles. The van der Waals surface area contributed by atoms with Gasteiger partial charge >= 0.3 is 5.97 Å². The second-order valence-electron chi connectivity index (χ2n) is 17.5. The standard InChI is InChI=1S/C52H47BrN4O6/c1-29-36(40-28-35(62-2)16-18-44(40)57(29)51(59)30-11-14-34(53)15-12-30)19-20-54-50(58)33-13-17-37(41(27-33)52(60)61)45-42-25-31-7-3-21-55-23-5-9-38(46(31)55)48(42)63-49-39-10-6-24-56-22-4-8-32(47(39)56)26-43(45)49/h11-18,25-28H,3-10,19-24H2,1-2H3,(H-,54,58,60,61)/p+1. The van der Waals surface area contributed by atoms with Crippen molar-refractivity contribution < 1.29 is 29.0 Å². The first kappa shape index (κ1) is 39.6. The van der Waals surface area contributed by atoms with Gasteiger partial charge in [0.15, 0.2) is 0 Å². The number of aromatic nitrogens is 1. The zero-order valence-corrected chi connectivity index (χ0v) is 37.1. The van der Waals surface area contributed by atoms with Gasteiger partial charge in [-0.3, -0.25) is 14.2 Å². The quantitative estimate of drug-likeness (QED) is 0.152. The Labute approximate surface area is 373 Å². The maximum absolute atomic E-state index is 14.0. The Morgan fingerprint density at radius 2 is 1.57 bits per heavy atom. The van der Waals surface area contributed by atoms with Crippen molar-refractivity contribution in [3.05, 3.63) is 149 Å². The molecule has 63 heavy (non-hydrogen) atoms. The predicted molar refractivity (Wildman–Crippen MR) is 247 cm³/mol. The number of hydrogen-bond donors (Lipinski definition) is 2. The third-order valence-corrected chi connectivity index (χ3v) is 14.5. The van der Waals surface area contributed by atoms with E-state index in [2.05, 4.69) is 42.9 Å². The van der Waals surface area contributed by atoms with Crippen LogP contribution >= 0.6 is 15.9 Å². The molecule has 1 amide bonds. The van der Waals surface area contributed by atoms with Crippen molar-refractivity contribution in [3.63, 3.8) is 0 Å². The number of nitrogens with zero attached hydrogens (tertiary/aromatic N) is 3. The molecule has 0 bridgehead atoms. The number of ether oxygens (including phenoxy) is 2. The highest BCUT2D eigenvalue weighted by Gasteiger charge is 2.36. The number of methoxy groups -OCH3 is 1. The summed E-state index contributed by atoms with van der Waals surface area (Å²) in [4.78, 5) is 43.9. The Hall–Kier alpha value is -6.20. The summed E-state index contributed by atoms with van der Waals surface area (Å²) >= 11 is 3.46. The lowest BCUT2D eigenvalue weighted by molar-refractivity contribution is 0.0696. The number of anilines is 1. The van der Waals surface area contributed by atoms with Crippen LogP contribution in [0.1, 0.15) is 101 Å². The number of carboxylic acid groups (broad SMARTS) is 1. The van der Waals surface area contributed by atoms with Gasteiger partial charge in [0.05, 0.1) is 23.8 Å². The Kier molecular flexibility index (Phi) is 9.78. The topological polar surface area (TPSA) is 113 Å². The minimum absolute atomic E-state index is 0.0786. The molecule has 5 aliphatic rings. The van der Waals surface area contributed by atoms with Gasteiger partial charge in [-0.25, -0.2) is 9.37 Å². The van der Waals surface area contributed by atoms with Gasteiger partial charge < -0.3 is 24.8 Å². The molecule has 5 aliphatic heterocycles. The van der Waals surface area contributed by atoms with Crippen LogP contribution < -0.4 is 34.8 Å². The number of nitrogens with one attached hydrogen (secondary N) is 1. The fourth-order valence-electron chi connectivity index (χ4n) is 11.2. The smallest absolute Gasteiger partial charge is 0.336 e. The van der Waals surface area contributed by atoms with Gasteiger partial charge in [-0.05, 0) is 135 Å². The molecule has 10 nitrogen and oxygen atoms in total. The molecule has 1 aromatic heterocycles. The van der Waals surface area contributed by atoms with Crippen LogP contribution in [0.3, 0.4) is 0 Å². The molecule has 0 fully saturated rings. The van der Waals surface area contributed by atoms with E-state index in [4.69, 9.17) is 9.47 Å². The summed E-state index contributed by atoms with van der Waals surface area (Å²) in [7, 11) is 1.61. The molecule has 0 atom stereocenters. The fraction of sp³-hybridized carbons (Fsp3) is 0.308. The molecular weight excluding hydrogens is 856 g/mol. The van der Waals surface area contributed by atoms with Crippen molar-refractivity contribution in [1.82, 2.24) is 14.5 Å². The number of halogens is 1. The van der Waals surface area contributed by atoms with Crippen LogP contribution in [0.15, 0.2) is 77.3 Å². The minimum Gasteiger partial charge on any atom is -0.497 e. The van der Waals surface area contributed by atoms with Crippen molar-refractivity contribution in [3.8, 4) is 17.2 Å². The molecule has 0 spiro atoms. The number of aryl methyl sites for hydroxylation is 2. The zero-order valence-electron chi connectivity index (χ0n) is 35.5. The van der Waals surface area contributed by atoms with Gasteiger partial charge in [0, 0.05) is 92.3 Å². The van der Waals surface area contributed by atoms with E-state index in [1.165, 1.54) is 39.4 Å². The lowest BCUT2D eigenvalue weighted by Crippen LogP contribution is -2.45. The fourth-order valence-corrected chi connectivity index (χ4v) is 11.4. The summed E-state index contributed by atoms with van der Waals surface area (Å²) in [5.41, 5.74) is 12.1. The Bertz CT molecular complexity index is 3110. The third-order valence-electron chi connectivity index (χ3n) is 14.0. The third kappa shape index (κ3) is 6.49. The predicted octanol–water partition coefficient (Wildman–Crippen LogP) is 7.52. The molecule has 6 aromatic rings. The van der Waals surface area contributed by atoms with Gasteiger partial charge in [-0.1, -0.05) is 22.0 Å². The number of carboxylic acids is 1. The highest BCUT2D eigenvalue weighted by Crippen LogP contribution is 2.49.